The number of fused-ring (bicyclic) bond motifs is 2. The molecule has 0 atom stereocenters. The maximum atomic E-state index is 13.2. The van der Waals surface area contributed by atoms with Crippen LogP contribution in [0.3, 0.4) is 0 Å². The number of nitriles is 2. The SMILES string of the molecule is CCOC(=O)/C(C#N)=C(\C)c1cn(Cc2cc(C)cc(C(F)(F)F)c2)c2ccccc12.CCOC(=O)/C(C#N)=C(\O)c1cn(Cc2cc(C)cc(C(F)(F)F)c2)c2ccccc12. The number of hydrogen-bond acceptors (Lipinski definition) is 7. The Kier molecular flexibility index (Phi) is 14.0. The van der Waals surface area contributed by atoms with Gasteiger partial charge in [0.15, 0.2) is 5.57 Å². The van der Waals surface area contributed by atoms with E-state index in [1.165, 1.54) is 6.20 Å². The van der Waals surface area contributed by atoms with Gasteiger partial charge in [0.1, 0.15) is 23.5 Å². The van der Waals surface area contributed by atoms with Crippen LogP contribution in [0.2, 0.25) is 0 Å². The van der Waals surface area contributed by atoms with Crippen molar-refractivity contribution in [3.8, 4) is 12.1 Å². The van der Waals surface area contributed by atoms with Crippen molar-refractivity contribution in [3.05, 3.63) is 153 Å². The van der Waals surface area contributed by atoms with Crippen LogP contribution in [0.1, 0.15) is 65.3 Å². The van der Waals surface area contributed by atoms with Crippen LogP contribution >= 0.6 is 0 Å². The van der Waals surface area contributed by atoms with E-state index in [0.717, 1.165) is 35.2 Å². The van der Waals surface area contributed by atoms with Crippen LogP contribution in [0.5, 0.6) is 0 Å². The fourth-order valence-corrected chi connectivity index (χ4v) is 7.02. The Balaban J connectivity index is 0.000000234. The molecule has 0 radical (unpaired) electrons. The molecule has 0 saturated heterocycles. The highest BCUT2D eigenvalue weighted by Gasteiger charge is 2.32. The highest BCUT2D eigenvalue weighted by Crippen LogP contribution is 2.35. The van der Waals surface area contributed by atoms with Crippen LogP contribution in [0, 0.1) is 36.5 Å². The van der Waals surface area contributed by atoms with E-state index < -0.39 is 46.8 Å². The number of aryl methyl sites for hydroxylation is 2. The molecule has 2 heterocycles. The number of nitrogens with zero attached hydrogens (tertiary/aromatic N) is 4. The molecule has 6 aromatic rings. The van der Waals surface area contributed by atoms with Crippen LogP contribution in [0.15, 0.2) is 108 Å². The second kappa shape index (κ2) is 19.0. The number of benzene rings is 4. The van der Waals surface area contributed by atoms with Crippen LogP contribution in [-0.2, 0) is 44.5 Å². The van der Waals surface area contributed by atoms with Gasteiger partial charge >= 0.3 is 24.3 Å². The van der Waals surface area contributed by atoms with Gasteiger partial charge in [-0.05, 0) is 87.7 Å². The molecule has 320 valence electrons. The van der Waals surface area contributed by atoms with Crippen molar-refractivity contribution in [3.63, 3.8) is 0 Å². The summed E-state index contributed by atoms with van der Waals surface area (Å²) >= 11 is 0. The summed E-state index contributed by atoms with van der Waals surface area (Å²) in [5.74, 6) is -2.20. The van der Waals surface area contributed by atoms with Crippen molar-refractivity contribution in [2.75, 3.05) is 13.2 Å². The molecule has 0 saturated carbocycles. The van der Waals surface area contributed by atoms with Gasteiger partial charge in [-0.2, -0.15) is 36.9 Å². The first-order valence-electron chi connectivity index (χ1n) is 19.1. The van der Waals surface area contributed by atoms with Crippen LogP contribution in [-0.4, -0.2) is 39.4 Å². The third-order valence-electron chi connectivity index (χ3n) is 9.67. The number of alkyl halides is 6. The van der Waals surface area contributed by atoms with E-state index in [9.17, 15) is 51.6 Å². The number of aromatic nitrogens is 2. The largest absolute Gasteiger partial charge is 0.506 e. The van der Waals surface area contributed by atoms with Gasteiger partial charge in [-0.15, -0.1) is 0 Å². The number of ether oxygens (including phenoxy) is 2. The topological polar surface area (TPSA) is 130 Å². The minimum atomic E-state index is -4.47. The molecular weight excluding hydrogens is 815 g/mol. The predicted octanol–water partition coefficient (Wildman–Crippen LogP) is 11.2. The van der Waals surface area contributed by atoms with Crippen LogP contribution in [0.4, 0.5) is 26.3 Å². The van der Waals surface area contributed by atoms with E-state index in [0.29, 0.717) is 44.3 Å². The Morgan fingerprint density at radius 1 is 0.645 bits per heavy atom. The third kappa shape index (κ3) is 10.4. The van der Waals surface area contributed by atoms with E-state index in [-0.39, 0.29) is 37.4 Å². The van der Waals surface area contributed by atoms with Crippen molar-refractivity contribution in [1.82, 2.24) is 9.13 Å². The van der Waals surface area contributed by atoms with Crippen molar-refractivity contribution in [2.45, 2.75) is 60.1 Å². The first kappa shape index (κ1) is 45.8. The lowest BCUT2D eigenvalue weighted by Crippen LogP contribution is -2.08. The second-order valence-corrected chi connectivity index (χ2v) is 14.2. The van der Waals surface area contributed by atoms with Crippen LogP contribution in [0.25, 0.3) is 33.1 Å². The number of allylic oxidation sites excluding steroid dienone is 1. The lowest BCUT2D eigenvalue weighted by Gasteiger charge is -2.12. The second-order valence-electron chi connectivity index (χ2n) is 14.2. The summed E-state index contributed by atoms with van der Waals surface area (Å²) in [4.78, 5) is 24.2. The van der Waals surface area contributed by atoms with Crippen molar-refractivity contribution in [2.24, 2.45) is 0 Å². The fourth-order valence-electron chi connectivity index (χ4n) is 7.02. The van der Waals surface area contributed by atoms with Gasteiger partial charge in [0, 0.05) is 58.4 Å². The van der Waals surface area contributed by atoms with Gasteiger partial charge in [-0.25, -0.2) is 9.59 Å². The Hall–Kier alpha value is -7.26. The molecular formula is C47H40F6N4O5. The number of halogens is 6. The molecule has 0 aliphatic rings. The predicted molar refractivity (Wildman–Crippen MR) is 221 cm³/mol. The summed E-state index contributed by atoms with van der Waals surface area (Å²) in [6.07, 6.45) is -5.63. The minimum absolute atomic E-state index is 0.0357. The van der Waals surface area contributed by atoms with Gasteiger partial charge in [-0.3, -0.25) is 0 Å². The number of carbonyl (C=O) groups is 2. The summed E-state index contributed by atoms with van der Waals surface area (Å²) in [7, 11) is 0. The molecule has 0 unspecified atom stereocenters. The zero-order valence-electron chi connectivity index (χ0n) is 34.2. The van der Waals surface area contributed by atoms with Crippen LogP contribution < -0.4 is 0 Å². The molecule has 9 nitrogen and oxygen atoms in total. The summed E-state index contributed by atoms with van der Waals surface area (Å²) in [5, 5.41) is 30.8. The average Bonchev–Trinajstić information content (AvgIpc) is 3.76. The first-order valence-corrected chi connectivity index (χ1v) is 19.1. The number of esters is 2. The van der Waals surface area contributed by atoms with E-state index >= 15 is 0 Å². The Labute approximate surface area is 352 Å². The first-order chi connectivity index (χ1) is 29.3. The van der Waals surface area contributed by atoms with Crippen molar-refractivity contribution >= 4 is 45.1 Å². The number of aliphatic hydroxyl groups excluding tert-OH is 1. The minimum Gasteiger partial charge on any atom is -0.506 e. The molecule has 6 rings (SSSR count). The summed E-state index contributed by atoms with van der Waals surface area (Å²) in [5.41, 5.74) is 2.59. The summed E-state index contributed by atoms with van der Waals surface area (Å²) in [6, 6.07) is 25.6. The van der Waals surface area contributed by atoms with Gasteiger partial charge < -0.3 is 23.7 Å². The molecule has 1 N–H and O–H groups in total. The number of aliphatic hydroxyl groups is 1. The van der Waals surface area contributed by atoms with E-state index in [1.807, 2.05) is 34.9 Å². The van der Waals surface area contributed by atoms with Crippen molar-refractivity contribution in [1.29, 1.82) is 10.5 Å². The Morgan fingerprint density at radius 3 is 1.47 bits per heavy atom. The van der Waals surface area contributed by atoms with E-state index in [2.05, 4.69) is 0 Å². The number of hydrogen-bond donors (Lipinski definition) is 1. The molecule has 0 amide bonds. The smallest absolute Gasteiger partial charge is 0.416 e. The Bertz CT molecular complexity index is 2620. The number of para-hydroxylation sites is 2. The van der Waals surface area contributed by atoms with Gasteiger partial charge in [0.2, 0.25) is 0 Å². The molecule has 15 heteroatoms. The van der Waals surface area contributed by atoms with E-state index in [1.54, 1.807) is 87.9 Å². The highest BCUT2D eigenvalue weighted by molar-refractivity contribution is 6.05. The van der Waals surface area contributed by atoms with Gasteiger partial charge in [-0.1, -0.05) is 59.7 Å². The fraction of sp³-hybridized carbons (Fsp3) is 0.234. The normalized spacial score (nSPS) is 12.4. The number of rotatable bonds is 10. The maximum absolute atomic E-state index is 13.2. The zero-order chi connectivity index (χ0) is 45.5. The Morgan fingerprint density at radius 2 is 1.05 bits per heavy atom. The lowest BCUT2D eigenvalue weighted by molar-refractivity contribution is -0.138. The monoisotopic (exact) mass is 854 g/mol. The van der Waals surface area contributed by atoms with Crippen molar-refractivity contribution < 1.29 is 50.5 Å². The summed E-state index contributed by atoms with van der Waals surface area (Å²) in [6.45, 7) is 8.60. The maximum Gasteiger partial charge on any atom is 0.416 e. The molecule has 62 heavy (non-hydrogen) atoms. The summed E-state index contributed by atoms with van der Waals surface area (Å²) < 4.78 is 92.6. The quantitative estimate of drug-likeness (QED) is 0.0477. The molecule has 0 aliphatic heterocycles. The van der Waals surface area contributed by atoms with E-state index in [4.69, 9.17) is 9.47 Å². The zero-order valence-corrected chi connectivity index (χ0v) is 34.2. The third-order valence-corrected chi connectivity index (χ3v) is 9.67. The van der Waals surface area contributed by atoms with Gasteiger partial charge in [0.25, 0.3) is 0 Å². The lowest BCUT2D eigenvalue weighted by atomic mass is 10.0. The number of carbonyl (C=O) groups excluding carboxylic acids is 2. The molecule has 4 aromatic carbocycles. The molecule has 2 aromatic heterocycles. The standard InChI is InChI=1S/C24H21F3N2O2.C23H19F3N2O3/c1-4-31-23(30)20(12-28)16(3)21-14-29(22-8-6-5-7-19(21)22)13-17-9-15(2)10-18(11-17)24(25,26)27;1-3-31-22(30)18(11-27)21(29)19-13-28(20-7-5-4-6-17(19)20)12-15-8-14(2)9-16(10-15)23(24,25)26/h5-11,14H,4,13H2,1-3H3;4-10,13,29H,3,12H2,1-2H3/b20-16+;21-18-. The average molecular weight is 855 g/mol. The molecule has 0 fully saturated rings. The molecule has 0 aliphatic carbocycles. The molecule has 0 spiro atoms. The molecule has 0 bridgehead atoms. The van der Waals surface area contributed by atoms with Gasteiger partial charge in [0.05, 0.1) is 24.3 Å². The highest BCUT2D eigenvalue weighted by atomic mass is 19.4.